The summed E-state index contributed by atoms with van der Waals surface area (Å²) in [6, 6.07) is 29.6. The molecule has 3 N–H and O–H groups in total. The molecule has 7 nitrogen and oxygen atoms in total. The van der Waals surface area contributed by atoms with Crippen LogP contribution in [0.15, 0.2) is 103 Å². The number of para-hydroxylation sites is 1. The lowest BCUT2D eigenvalue weighted by molar-refractivity contribution is -0.139. The molecule has 0 spiro atoms. The quantitative estimate of drug-likeness (QED) is 0.189. The first-order valence-electron chi connectivity index (χ1n) is 13.2. The summed E-state index contributed by atoms with van der Waals surface area (Å²) in [7, 11) is 1.62. The van der Waals surface area contributed by atoms with Crippen molar-refractivity contribution in [3.63, 3.8) is 0 Å². The minimum atomic E-state index is -1.11. The molecule has 0 bridgehead atoms. The molecule has 4 aromatic carbocycles. The Morgan fingerprint density at radius 2 is 1.54 bits per heavy atom. The first-order valence-corrected chi connectivity index (χ1v) is 13.2. The smallest absolute Gasteiger partial charge is 0.326 e. The van der Waals surface area contributed by atoms with Gasteiger partial charge in [0, 0.05) is 42.0 Å². The van der Waals surface area contributed by atoms with Crippen LogP contribution in [0.4, 0.5) is 10.1 Å². The van der Waals surface area contributed by atoms with Crippen LogP contribution in [0.5, 0.6) is 5.75 Å². The average Bonchev–Trinajstić information content (AvgIpc) is 3.40. The Bertz CT molecular complexity index is 1600. The molecule has 1 aromatic heterocycles. The maximum absolute atomic E-state index is 13.6. The molecule has 0 fully saturated rings. The Kier molecular flexibility index (Phi) is 8.29. The minimum Gasteiger partial charge on any atom is -0.497 e. The number of nitrogens with one attached hydrogen (secondary N) is 2. The summed E-state index contributed by atoms with van der Waals surface area (Å²) < 4.78 is 18.9. The van der Waals surface area contributed by atoms with Gasteiger partial charge < -0.3 is 25.0 Å². The molecule has 0 saturated heterocycles. The van der Waals surface area contributed by atoms with E-state index in [1.54, 1.807) is 31.4 Å². The van der Waals surface area contributed by atoms with Crippen molar-refractivity contribution >= 4 is 28.5 Å². The highest BCUT2D eigenvalue weighted by Gasteiger charge is 2.22. The van der Waals surface area contributed by atoms with Crippen LogP contribution in [0.3, 0.4) is 0 Å². The Morgan fingerprint density at radius 1 is 0.902 bits per heavy atom. The van der Waals surface area contributed by atoms with Crippen LogP contribution in [0.25, 0.3) is 10.9 Å². The number of amides is 1. The van der Waals surface area contributed by atoms with Gasteiger partial charge in [-0.05, 0) is 77.2 Å². The molecule has 5 aromatic rings. The number of H-pyrrole nitrogens is 1. The summed E-state index contributed by atoms with van der Waals surface area (Å²) in [4.78, 5) is 30.2. The van der Waals surface area contributed by atoms with Crippen molar-refractivity contribution in [2.45, 2.75) is 25.6 Å². The van der Waals surface area contributed by atoms with Crippen LogP contribution in [-0.4, -0.2) is 35.1 Å². The van der Waals surface area contributed by atoms with Crippen molar-refractivity contribution in [3.8, 4) is 5.75 Å². The number of carboxylic acids is 1. The van der Waals surface area contributed by atoms with Gasteiger partial charge in [-0.3, -0.25) is 4.79 Å². The summed E-state index contributed by atoms with van der Waals surface area (Å²) in [6.07, 6.45) is 0.131. The van der Waals surface area contributed by atoms with Gasteiger partial charge >= 0.3 is 5.97 Å². The van der Waals surface area contributed by atoms with Gasteiger partial charge in [-0.15, -0.1) is 0 Å². The highest BCUT2D eigenvalue weighted by atomic mass is 19.1. The van der Waals surface area contributed by atoms with Crippen molar-refractivity contribution < 1.29 is 23.8 Å². The van der Waals surface area contributed by atoms with Crippen molar-refractivity contribution in [3.05, 3.63) is 131 Å². The molecule has 208 valence electrons. The first kappa shape index (κ1) is 27.5. The zero-order valence-corrected chi connectivity index (χ0v) is 22.5. The summed E-state index contributed by atoms with van der Waals surface area (Å²) in [5.74, 6) is -1.11. The van der Waals surface area contributed by atoms with Crippen molar-refractivity contribution in [2.75, 3.05) is 12.0 Å². The predicted molar refractivity (Wildman–Crippen MR) is 157 cm³/mol. The number of anilines is 1. The fraction of sp³-hybridized carbons (Fsp3) is 0.152. The lowest BCUT2D eigenvalue weighted by Crippen LogP contribution is -2.42. The third-order valence-corrected chi connectivity index (χ3v) is 6.93. The van der Waals surface area contributed by atoms with Crippen LogP contribution in [-0.2, 0) is 24.3 Å². The molecule has 1 atom stereocenters. The topological polar surface area (TPSA) is 94.7 Å². The number of nitrogens with zero attached hydrogens (tertiary/aromatic N) is 1. The van der Waals surface area contributed by atoms with Crippen molar-refractivity contribution in [2.24, 2.45) is 0 Å². The number of aromatic amines is 1. The van der Waals surface area contributed by atoms with Gasteiger partial charge in [0.1, 0.15) is 17.6 Å². The lowest BCUT2D eigenvalue weighted by atomic mass is 10.1. The normalized spacial score (nSPS) is 11.7. The number of carbonyl (C=O) groups is 2. The SMILES string of the molecule is COc1ccc(CN(Cc2ccc(C(=O)NC(Cc3cc4ccccc4[nH]3)C(=O)O)cc2)c2ccc(F)cc2)cc1. The highest BCUT2D eigenvalue weighted by Crippen LogP contribution is 2.22. The van der Waals surface area contributed by atoms with Crippen LogP contribution >= 0.6 is 0 Å². The number of carboxylic acid groups (broad SMARTS) is 1. The standard InChI is InChI=1S/C33H30FN3O4/c1-41-29-16-8-23(9-17-29)21-37(28-14-12-26(34)13-15-28)20-22-6-10-24(11-7-22)32(38)36-31(33(39)40)19-27-18-25-4-2-3-5-30(25)35-27/h2-18,31,35H,19-21H2,1H3,(H,36,38)(H,39,40). The van der Waals surface area contributed by atoms with E-state index in [-0.39, 0.29) is 12.2 Å². The van der Waals surface area contributed by atoms with Gasteiger partial charge in [-0.1, -0.05) is 42.5 Å². The van der Waals surface area contributed by atoms with Gasteiger partial charge in [-0.2, -0.15) is 0 Å². The third kappa shape index (κ3) is 6.91. The monoisotopic (exact) mass is 551 g/mol. The number of halogens is 1. The maximum atomic E-state index is 13.6. The van der Waals surface area contributed by atoms with E-state index in [1.165, 1.54) is 12.1 Å². The number of ether oxygens (including phenoxy) is 1. The molecule has 8 heteroatoms. The third-order valence-electron chi connectivity index (χ3n) is 6.93. The highest BCUT2D eigenvalue weighted by molar-refractivity contribution is 5.96. The van der Waals surface area contributed by atoms with E-state index >= 15 is 0 Å². The van der Waals surface area contributed by atoms with Crippen LogP contribution in [0, 0.1) is 5.82 Å². The van der Waals surface area contributed by atoms with Crippen LogP contribution in [0.2, 0.25) is 0 Å². The summed E-state index contributed by atoms with van der Waals surface area (Å²) in [6.45, 7) is 1.09. The molecule has 1 unspecified atom stereocenters. The molecule has 5 rings (SSSR count). The number of aromatic nitrogens is 1. The number of methoxy groups -OCH3 is 1. The van der Waals surface area contributed by atoms with E-state index in [4.69, 9.17) is 4.74 Å². The van der Waals surface area contributed by atoms with E-state index in [9.17, 15) is 19.1 Å². The average molecular weight is 552 g/mol. The van der Waals surface area contributed by atoms with E-state index in [1.807, 2.05) is 66.7 Å². The number of benzene rings is 4. The zero-order valence-electron chi connectivity index (χ0n) is 22.5. The molecule has 1 amide bonds. The van der Waals surface area contributed by atoms with Gasteiger partial charge in [0.2, 0.25) is 0 Å². The molecule has 0 saturated carbocycles. The molecule has 41 heavy (non-hydrogen) atoms. The van der Waals surface area contributed by atoms with E-state index in [0.717, 1.165) is 39.2 Å². The number of carbonyl (C=O) groups excluding carboxylic acids is 1. The van der Waals surface area contributed by atoms with Gasteiger partial charge in [0.05, 0.1) is 7.11 Å². The number of aliphatic carboxylic acids is 1. The first-order chi connectivity index (χ1) is 19.9. The van der Waals surface area contributed by atoms with Crippen molar-refractivity contribution in [1.82, 2.24) is 10.3 Å². The Hall–Kier alpha value is -5.11. The largest absolute Gasteiger partial charge is 0.497 e. The molecule has 0 radical (unpaired) electrons. The minimum absolute atomic E-state index is 0.131. The van der Waals surface area contributed by atoms with Crippen LogP contribution < -0.4 is 15.0 Å². The second-order valence-electron chi connectivity index (χ2n) is 9.83. The number of hydrogen-bond donors (Lipinski definition) is 3. The molecule has 0 aliphatic heterocycles. The second-order valence-corrected chi connectivity index (χ2v) is 9.83. The summed E-state index contributed by atoms with van der Waals surface area (Å²) in [5.41, 5.74) is 4.85. The maximum Gasteiger partial charge on any atom is 0.326 e. The second kappa shape index (κ2) is 12.4. The lowest BCUT2D eigenvalue weighted by Gasteiger charge is -2.25. The molecule has 0 aliphatic carbocycles. The van der Waals surface area contributed by atoms with Crippen LogP contribution in [0.1, 0.15) is 27.2 Å². The van der Waals surface area contributed by atoms with Gasteiger partial charge in [0.25, 0.3) is 5.91 Å². The Morgan fingerprint density at radius 3 is 2.15 bits per heavy atom. The van der Waals surface area contributed by atoms with Gasteiger partial charge in [-0.25, -0.2) is 9.18 Å². The number of hydrogen-bond acceptors (Lipinski definition) is 4. The molecule has 1 heterocycles. The van der Waals surface area contributed by atoms with E-state index in [2.05, 4.69) is 15.2 Å². The van der Waals surface area contributed by atoms with E-state index in [0.29, 0.717) is 18.7 Å². The zero-order chi connectivity index (χ0) is 28.8. The molecular formula is C33H30FN3O4. The fourth-order valence-electron chi connectivity index (χ4n) is 4.73. The van der Waals surface area contributed by atoms with E-state index < -0.39 is 17.9 Å². The summed E-state index contributed by atoms with van der Waals surface area (Å²) in [5, 5.41) is 13.4. The molecule has 0 aliphatic rings. The Balaban J connectivity index is 1.27. The Labute approximate surface area is 237 Å². The number of rotatable bonds is 11. The van der Waals surface area contributed by atoms with Gasteiger partial charge in [0.15, 0.2) is 0 Å². The molecular weight excluding hydrogens is 521 g/mol. The summed E-state index contributed by atoms with van der Waals surface area (Å²) >= 11 is 0. The predicted octanol–water partition coefficient (Wildman–Crippen LogP) is 5.95. The number of fused-ring (bicyclic) bond motifs is 1. The fourth-order valence-corrected chi connectivity index (χ4v) is 4.73. The van der Waals surface area contributed by atoms with Crippen molar-refractivity contribution in [1.29, 1.82) is 0 Å².